The summed E-state index contributed by atoms with van der Waals surface area (Å²) in [5.74, 6) is -1.50. The smallest absolute Gasteiger partial charge is 0.328 e. The normalized spacial score (nSPS) is 9.62. The largest absolute Gasteiger partial charge is 0.478 e. The van der Waals surface area contributed by atoms with Crippen molar-refractivity contribution < 1.29 is 14.3 Å². The highest BCUT2D eigenvalue weighted by molar-refractivity contribution is 5.85. The second-order valence-electron chi connectivity index (χ2n) is 2.07. The molecule has 1 aromatic heterocycles. The van der Waals surface area contributed by atoms with Gasteiger partial charge >= 0.3 is 5.97 Å². The Bertz CT molecular complexity index is 310. The SMILES string of the molecule is Cl.O=C(O)/C=C/c1ccc(F)cn1. The van der Waals surface area contributed by atoms with Crippen molar-refractivity contribution in [2.75, 3.05) is 0 Å². The zero-order valence-corrected chi connectivity index (χ0v) is 7.29. The predicted molar refractivity (Wildman–Crippen MR) is 48.1 cm³/mol. The number of rotatable bonds is 2. The highest BCUT2D eigenvalue weighted by atomic mass is 35.5. The minimum atomic E-state index is -1.05. The molecule has 0 amide bonds. The molecular weight excluding hydrogens is 197 g/mol. The van der Waals surface area contributed by atoms with Crippen LogP contribution in [0.15, 0.2) is 24.4 Å². The molecule has 0 aliphatic rings. The molecule has 0 spiro atoms. The average Bonchev–Trinajstić information content (AvgIpc) is 2.03. The first kappa shape index (κ1) is 11.6. The van der Waals surface area contributed by atoms with Crippen LogP contribution in [0.25, 0.3) is 6.08 Å². The topological polar surface area (TPSA) is 50.2 Å². The van der Waals surface area contributed by atoms with Gasteiger partial charge in [0.1, 0.15) is 5.82 Å². The van der Waals surface area contributed by atoms with Gasteiger partial charge in [0.25, 0.3) is 0 Å². The maximum absolute atomic E-state index is 12.3. The van der Waals surface area contributed by atoms with Crippen LogP contribution in [0.2, 0.25) is 0 Å². The molecule has 1 aromatic rings. The summed E-state index contributed by atoms with van der Waals surface area (Å²) in [6.45, 7) is 0. The van der Waals surface area contributed by atoms with Crippen LogP contribution in [-0.4, -0.2) is 16.1 Å². The Morgan fingerprint density at radius 1 is 1.54 bits per heavy atom. The van der Waals surface area contributed by atoms with Crippen LogP contribution in [0.5, 0.6) is 0 Å². The van der Waals surface area contributed by atoms with Crippen molar-refractivity contribution in [3.63, 3.8) is 0 Å². The van der Waals surface area contributed by atoms with E-state index < -0.39 is 11.8 Å². The van der Waals surface area contributed by atoms with E-state index in [1.54, 1.807) is 0 Å². The number of aliphatic carboxylic acids is 1. The van der Waals surface area contributed by atoms with E-state index >= 15 is 0 Å². The molecule has 70 valence electrons. The summed E-state index contributed by atoms with van der Waals surface area (Å²) in [5.41, 5.74) is 0.416. The summed E-state index contributed by atoms with van der Waals surface area (Å²) in [4.78, 5) is 13.7. The number of aromatic nitrogens is 1. The van der Waals surface area contributed by atoms with E-state index in [2.05, 4.69) is 4.98 Å². The lowest BCUT2D eigenvalue weighted by Crippen LogP contribution is -1.87. The lowest BCUT2D eigenvalue weighted by Gasteiger charge is -1.89. The van der Waals surface area contributed by atoms with E-state index in [1.165, 1.54) is 18.2 Å². The number of carbonyl (C=O) groups is 1. The van der Waals surface area contributed by atoms with Gasteiger partial charge < -0.3 is 5.11 Å². The Hall–Kier alpha value is -1.42. The standard InChI is InChI=1S/C8H6FNO2.ClH/c9-6-1-2-7(10-5-6)3-4-8(11)12;/h1-5H,(H,11,12);1H/b4-3+;. The van der Waals surface area contributed by atoms with Gasteiger partial charge in [-0.2, -0.15) is 0 Å². The first-order valence-corrected chi connectivity index (χ1v) is 3.21. The molecule has 0 radical (unpaired) electrons. The molecule has 0 bridgehead atoms. The molecule has 1 rings (SSSR count). The fourth-order valence-electron chi connectivity index (χ4n) is 0.643. The molecule has 0 unspecified atom stereocenters. The Labute approximate surface area is 80.3 Å². The van der Waals surface area contributed by atoms with Crippen molar-refractivity contribution in [3.8, 4) is 0 Å². The first-order valence-electron chi connectivity index (χ1n) is 3.21. The van der Waals surface area contributed by atoms with Gasteiger partial charge in [-0.25, -0.2) is 9.18 Å². The number of pyridine rings is 1. The Balaban J connectivity index is 0.00000144. The number of hydrogen-bond donors (Lipinski definition) is 1. The Kier molecular flexibility index (Phi) is 4.69. The van der Waals surface area contributed by atoms with Crippen LogP contribution in [0.4, 0.5) is 4.39 Å². The molecule has 13 heavy (non-hydrogen) atoms. The lowest BCUT2D eigenvalue weighted by molar-refractivity contribution is -0.131. The third-order valence-corrected chi connectivity index (χ3v) is 1.15. The highest BCUT2D eigenvalue weighted by Crippen LogP contribution is 1.99. The summed E-state index contributed by atoms with van der Waals surface area (Å²) < 4.78 is 12.3. The van der Waals surface area contributed by atoms with Gasteiger partial charge in [0.2, 0.25) is 0 Å². The number of carboxylic acid groups (broad SMARTS) is 1. The van der Waals surface area contributed by atoms with Crippen LogP contribution in [0.1, 0.15) is 5.69 Å². The molecule has 1 heterocycles. The molecule has 0 atom stereocenters. The summed E-state index contributed by atoms with van der Waals surface area (Å²) in [5, 5.41) is 8.24. The van der Waals surface area contributed by atoms with Gasteiger partial charge in [0.15, 0.2) is 0 Å². The second kappa shape index (κ2) is 5.27. The van der Waals surface area contributed by atoms with E-state index in [1.807, 2.05) is 0 Å². The van der Waals surface area contributed by atoms with Crippen molar-refractivity contribution in [1.29, 1.82) is 0 Å². The average molecular weight is 204 g/mol. The van der Waals surface area contributed by atoms with Gasteiger partial charge in [0, 0.05) is 6.08 Å². The van der Waals surface area contributed by atoms with Gasteiger partial charge in [-0.1, -0.05) is 0 Å². The summed E-state index contributed by atoms with van der Waals surface area (Å²) in [7, 11) is 0. The summed E-state index contributed by atoms with van der Waals surface area (Å²) >= 11 is 0. The maximum atomic E-state index is 12.3. The van der Waals surface area contributed by atoms with Crippen LogP contribution < -0.4 is 0 Å². The molecule has 5 heteroatoms. The maximum Gasteiger partial charge on any atom is 0.328 e. The van der Waals surface area contributed by atoms with Gasteiger partial charge in [-0.15, -0.1) is 12.4 Å². The van der Waals surface area contributed by atoms with Crippen molar-refractivity contribution in [3.05, 3.63) is 35.9 Å². The third-order valence-electron chi connectivity index (χ3n) is 1.15. The molecule has 0 aliphatic carbocycles. The molecule has 0 saturated carbocycles. The first-order chi connectivity index (χ1) is 5.68. The van der Waals surface area contributed by atoms with E-state index in [-0.39, 0.29) is 12.4 Å². The molecule has 0 saturated heterocycles. The van der Waals surface area contributed by atoms with Crippen LogP contribution in [0, 0.1) is 5.82 Å². The van der Waals surface area contributed by atoms with E-state index in [0.29, 0.717) is 5.69 Å². The van der Waals surface area contributed by atoms with Crippen LogP contribution in [-0.2, 0) is 4.79 Å². The van der Waals surface area contributed by atoms with Crippen LogP contribution >= 0.6 is 12.4 Å². The van der Waals surface area contributed by atoms with E-state index in [0.717, 1.165) is 12.3 Å². The number of carboxylic acids is 1. The lowest BCUT2D eigenvalue weighted by atomic mass is 10.3. The fraction of sp³-hybridized carbons (Fsp3) is 0. The number of hydrogen-bond acceptors (Lipinski definition) is 2. The van der Waals surface area contributed by atoms with Crippen molar-refractivity contribution in [2.45, 2.75) is 0 Å². The fourth-order valence-corrected chi connectivity index (χ4v) is 0.643. The van der Waals surface area contributed by atoms with Crippen LogP contribution in [0.3, 0.4) is 0 Å². The molecule has 3 nitrogen and oxygen atoms in total. The Morgan fingerprint density at radius 3 is 2.69 bits per heavy atom. The van der Waals surface area contributed by atoms with E-state index in [9.17, 15) is 9.18 Å². The highest BCUT2D eigenvalue weighted by Gasteiger charge is 1.91. The number of nitrogens with zero attached hydrogens (tertiary/aromatic N) is 1. The number of halogens is 2. The second-order valence-corrected chi connectivity index (χ2v) is 2.07. The van der Waals surface area contributed by atoms with E-state index in [4.69, 9.17) is 5.11 Å². The minimum Gasteiger partial charge on any atom is -0.478 e. The third kappa shape index (κ3) is 4.22. The van der Waals surface area contributed by atoms with Crippen molar-refractivity contribution in [1.82, 2.24) is 4.98 Å². The summed E-state index contributed by atoms with van der Waals surface area (Å²) in [6.07, 6.45) is 3.27. The predicted octanol–water partition coefficient (Wildman–Crippen LogP) is 1.74. The molecule has 0 aromatic carbocycles. The monoisotopic (exact) mass is 203 g/mol. The molecule has 0 aliphatic heterocycles. The summed E-state index contributed by atoms with van der Waals surface area (Å²) in [6, 6.07) is 2.61. The Morgan fingerprint density at radius 2 is 2.23 bits per heavy atom. The molecular formula is C8H7ClFNO2. The quantitative estimate of drug-likeness (QED) is 0.745. The minimum absolute atomic E-state index is 0. The van der Waals surface area contributed by atoms with Crippen molar-refractivity contribution in [2.24, 2.45) is 0 Å². The van der Waals surface area contributed by atoms with Gasteiger partial charge in [0.05, 0.1) is 11.9 Å². The molecule has 0 fully saturated rings. The molecule has 1 N–H and O–H groups in total. The zero-order chi connectivity index (χ0) is 8.97. The van der Waals surface area contributed by atoms with Gasteiger partial charge in [-0.3, -0.25) is 4.98 Å². The van der Waals surface area contributed by atoms with Gasteiger partial charge in [-0.05, 0) is 18.2 Å². The van der Waals surface area contributed by atoms with Crippen molar-refractivity contribution >= 4 is 24.5 Å². The zero-order valence-electron chi connectivity index (χ0n) is 6.48.